The Balaban J connectivity index is 2.08. The van der Waals surface area contributed by atoms with Gasteiger partial charge in [-0.2, -0.15) is 0 Å². The second-order valence-electron chi connectivity index (χ2n) is 4.54. The highest BCUT2D eigenvalue weighted by Gasteiger charge is 2.13. The molecule has 0 spiro atoms. The lowest BCUT2D eigenvalue weighted by atomic mass is 10.1. The van der Waals surface area contributed by atoms with Gasteiger partial charge < -0.3 is 10.1 Å². The minimum Gasteiger partial charge on any atom is -0.377 e. The van der Waals surface area contributed by atoms with E-state index in [1.54, 1.807) is 0 Å². The minimum atomic E-state index is 0.497. The maximum absolute atomic E-state index is 5.88. The van der Waals surface area contributed by atoms with Crippen molar-refractivity contribution in [2.45, 2.75) is 45.8 Å². The zero-order valence-electron chi connectivity index (χ0n) is 10.5. The van der Waals surface area contributed by atoms with Gasteiger partial charge in [-0.25, -0.2) is 0 Å². The van der Waals surface area contributed by atoms with E-state index in [2.05, 4.69) is 31.0 Å². The van der Waals surface area contributed by atoms with Crippen LogP contribution in [0.2, 0.25) is 0 Å². The number of likely N-dealkylation sites (N-methyl/N-ethyl adjacent to an activating group) is 1. The Bertz CT molecular complexity index is 156. The Kier molecular flexibility index (Phi) is 6.22. The van der Waals surface area contributed by atoms with Gasteiger partial charge in [0, 0.05) is 12.6 Å². The van der Waals surface area contributed by atoms with Gasteiger partial charge >= 0.3 is 0 Å². The van der Waals surface area contributed by atoms with Crippen molar-refractivity contribution in [3.8, 4) is 0 Å². The Morgan fingerprint density at radius 3 is 2.53 bits per heavy atom. The van der Waals surface area contributed by atoms with Crippen LogP contribution in [0.15, 0.2) is 0 Å². The molecule has 0 aliphatic carbocycles. The van der Waals surface area contributed by atoms with Crippen LogP contribution in [0.3, 0.4) is 0 Å². The van der Waals surface area contributed by atoms with Crippen LogP contribution < -0.4 is 5.32 Å². The predicted molar refractivity (Wildman–Crippen MR) is 64.2 cm³/mol. The number of ether oxygens (including phenoxy) is 1. The number of hydrogen-bond acceptors (Lipinski definition) is 3. The van der Waals surface area contributed by atoms with Crippen LogP contribution in [0.25, 0.3) is 0 Å². The smallest absolute Gasteiger partial charge is 0.0600 e. The summed E-state index contributed by atoms with van der Waals surface area (Å²) < 4.78 is 5.88. The minimum absolute atomic E-state index is 0.497. The molecule has 0 saturated carbocycles. The Hall–Kier alpha value is -0.120. The van der Waals surface area contributed by atoms with E-state index in [1.807, 2.05) is 0 Å². The lowest BCUT2D eigenvalue weighted by molar-refractivity contribution is 0.0168. The summed E-state index contributed by atoms with van der Waals surface area (Å²) in [4.78, 5) is 2.45. The topological polar surface area (TPSA) is 24.5 Å². The molecule has 90 valence electrons. The average Bonchev–Trinajstić information content (AvgIpc) is 2.25. The summed E-state index contributed by atoms with van der Waals surface area (Å²) in [5.74, 6) is 0. The van der Waals surface area contributed by atoms with Crippen molar-refractivity contribution in [2.24, 2.45) is 0 Å². The third kappa shape index (κ3) is 4.96. The Morgan fingerprint density at radius 1 is 1.33 bits per heavy atom. The van der Waals surface area contributed by atoms with Crippen LogP contribution in [0.4, 0.5) is 0 Å². The summed E-state index contributed by atoms with van der Waals surface area (Å²) in [5, 5.41) is 3.35. The molecule has 3 nitrogen and oxygen atoms in total. The van der Waals surface area contributed by atoms with E-state index in [0.29, 0.717) is 12.1 Å². The van der Waals surface area contributed by atoms with Gasteiger partial charge in [0.1, 0.15) is 0 Å². The van der Waals surface area contributed by atoms with Crippen LogP contribution in [-0.4, -0.2) is 49.8 Å². The standard InChI is InChI=1S/C12H26N2O/c1-4-14(11(2)3)9-10-15-12-5-7-13-8-6-12/h11-13H,4-10H2,1-3H3. The molecule has 1 N–H and O–H groups in total. The summed E-state index contributed by atoms with van der Waals surface area (Å²) in [5.41, 5.74) is 0. The fraction of sp³-hybridized carbons (Fsp3) is 1.00. The molecule has 0 radical (unpaired) electrons. The number of piperidine rings is 1. The van der Waals surface area contributed by atoms with E-state index >= 15 is 0 Å². The SMILES string of the molecule is CCN(CCOC1CCNCC1)C(C)C. The molecule has 3 heteroatoms. The van der Waals surface area contributed by atoms with Gasteiger partial charge in [-0.3, -0.25) is 4.90 Å². The van der Waals surface area contributed by atoms with Gasteiger partial charge in [-0.05, 0) is 46.3 Å². The predicted octanol–water partition coefficient (Wildman–Crippen LogP) is 1.49. The van der Waals surface area contributed by atoms with Crippen molar-refractivity contribution in [3.05, 3.63) is 0 Å². The first-order valence-corrected chi connectivity index (χ1v) is 6.30. The largest absolute Gasteiger partial charge is 0.377 e. The molecule has 0 atom stereocenters. The first-order valence-electron chi connectivity index (χ1n) is 6.30. The Labute approximate surface area is 94.2 Å². The summed E-state index contributed by atoms with van der Waals surface area (Å²) in [7, 11) is 0. The molecule has 1 fully saturated rings. The molecule has 0 aromatic carbocycles. The Morgan fingerprint density at radius 2 is 2.00 bits per heavy atom. The second kappa shape index (κ2) is 7.20. The lowest BCUT2D eigenvalue weighted by Crippen LogP contribution is -2.37. The van der Waals surface area contributed by atoms with Crippen molar-refractivity contribution in [3.63, 3.8) is 0 Å². The monoisotopic (exact) mass is 214 g/mol. The first-order chi connectivity index (χ1) is 7.24. The van der Waals surface area contributed by atoms with E-state index in [4.69, 9.17) is 4.74 Å². The quantitative estimate of drug-likeness (QED) is 0.725. The van der Waals surface area contributed by atoms with E-state index in [0.717, 1.165) is 32.8 Å². The lowest BCUT2D eigenvalue weighted by Gasteiger charge is -2.27. The van der Waals surface area contributed by atoms with Crippen LogP contribution in [0, 0.1) is 0 Å². The highest BCUT2D eigenvalue weighted by molar-refractivity contribution is 4.68. The molecule has 15 heavy (non-hydrogen) atoms. The van der Waals surface area contributed by atoms with E-state index in [-0.39, 0.29) is 0 Å². The van der Waals surface area contributed by atoms with E-state index < -0.39 is 0 Å². The molecular formula is C12H26N2O. The third-order valence-electron chi connectivity index (χ3n) is 3.15. The zero-order chi connectivity index (χ0) is 11.1. The van der Waals surface area contributed by atoms with Gasteiger partial charge in [0.25, 0.3) is 0 Å². The van der Waals surface area contributed by atoms with E-state index in [9.17, 15) is 0 Å². The number of nitrogens with one attached hydrogen (secondary N) is 1. The highest BCUT2D eigenvalue weighted by Crippen LogP contribution is 2.07. The fourth-order valence-corrected chi connectivity index (χ4v) is 2.08. The summed E-state index contributed by atoms with van der Waals surface area (Å²) in [6, 6.07) is 0.631. The normalized spacial score (nSPS) is 19.0. The van der Waals surface area contributed by atoms with Gasteiger partial charge in [0.15, 0.2) is 0 Å². The molecule has 0 aromatic heterocycles. The molecule has 1 aliphatic heterocycles. The average molecular weight is 214 g/mol. The summed E-state index contributed by atoms with van der Waals surface area (Å²) in [6.45, 7) is 12.0. The van der Waals surface area contributed by atoms with Crippen molar-refractivity contribution < 1.29 is 4.74 Å². The van der Waals surface area contributed by atoms with Crippen molar-refractivity contribution in [1.82, 2.24) is 10.2 Å². The number of rotatable bonds is 6. The van der Waals surface area contributed by atoms with Crippen molar-refractivity contribution in [2.75, 3.05) is 32.8 Å². The summed E-state index contributed by atoms with van der Waals surface area (Å²) in [6.07, 6.45) is 2.85. The first kappa shape index (κ1) is 12.9. The van der Waals surface area contributed by atoms with Crippen LogP contribution in [-0.2, 0) is 4.74 Å². The van der Waals surface area contributed by atoms with Gasteiger partial charge in [0.05, 0.1) is 12.7 Å². The summed E-state index contributed by atoms with van der Waals surface area (Å²) >= 11 is 0. The zero-order valence-corrected chi connectivity index (χ0v) is 10.5. The molecule has 1 aliphatic rings. The highest BCUT2D eigenvalue weighted by atomic mass is 16.5. The van der Waals surface area contributed by atoms with Gasteiger partial charge in [-0.1, -0.05) is 6.92 Å². The molecule has 0 amide bonds. The molecule has 1 rings (SSSR count). The fourth-order valence-electron chi connectivity index (χ4n) is 2.08. The number of nitrogens with zero attached hydrogens (tertiary/aromatic N) is 1. The van der Waals surface area contributed by atoms with Gasteiger partial charge in [0.2, 0.25) is 0 Å². The molecule has 0 bridgehead atoms. The maximum atomic E-state index is 5.88. The van der Waals surface area contributed by atoms with E-state index in [1.165, 1.54) is 12.8 Å². The van der Waals surface area contributed by atoms with Crippen LogP contribution >= 0.6 is 0 Å². The molecule has 1 saturated heterocycles. The number of hydrogen-bond donors (Lipinski definition) is 1. The molecular weight excluding hydrogens is 188 g/mol. The van der Waals surface area contributed by atoms with Crippen molar-refractivity contribution in [1.29, 1.82) is 0 Å². The van der Waals surface area contributed by atoms with Crippen molar-refractivity contribution >= 4 is 0 Å². The third-order valence-corrected chi connectivity index (χ3v) is 3.15. The molecule has 1 heterocycles. The van der Waals surface area contributed by atoms with Crippen LogP contribution in [0.5, 0.6) is 0 Å². The van der Waals surface area contributed by atoms with Crippen LogP contribution in [0.1, 0.15) is 33.6 Å². The van der Waals surface area contributed by atoms with Gasteiger partial charge in [-0.15, -0.1) is 0 Å². The maximum Gasteiger partial charge on any atom is 0.0600 e. The second-order valence-corrected chi connectivity index (χ2v) is 4.54. The molecule has 0 aromatic rings. The molecule has 0 unspecified atom stereocenters.